The van der Waals surface area contributed by atoms with Crippen molar-refractivity contribution in [2.75, 3.05) is 18.4 Å². The molecule has 0 saturated carbocycles. The number of carbonyl (C=O) groups excluding carboxylic acids is 2. The summed E-state index contributed by atoms with van der Waals surface area (Å²) in [6, 6.07) is 16.5. The summed E-state index contributed by atoms with van der Waals surface area (Å²) in [7, 11) is 0. The molecule has 2 amide bonds. The second-order valence-electron chi connectivity index (χ2n) is 6.98. The van der Waals surface area contributed by atoms with Crippen LogP contribution < -0.4 is 5.32 Å². The molecule has 2 heterocycles. The molecule has 1 aliphatic heterocycles. The van der Waals surface area contributed by atoms with Crippen LogP contribution in [0.25, 0.3) is 5.69 Å². The minimum absolute atomic E-state index is 0.252. The van der Waals surface area contributed by atoms with Gasteiger partial charge in [0.1, 0.15) is 11.5 Å². The Bertz CT molecular complexity index is 1150. The zero-order valence-electron chi connectivity index (χ0n) is 16.0. The van der Waals surface area contributed by atoms with Crippen LogP contribution in [0.2, 0.25) is 0 Å². The fourth-order valence-corrected chi connectivity index (χ4v) is 3.49. The first-order valence-corrected chi connectivity index (χ1v) is 9.46. The zero-order chi connectivity index (χ0) is 21.1. The lowest BCUT2D eigenvalue weighted by Gasteiger charge is -2.17. The Balaban J connectivity index is 1.41. The standard InChI is InChI=1S/C22H18FN5O2/c23-18-7-3-4-8-19(18)28-12-10-20(26-28)25-21(29)16-9-11-27(14-16)22(30)17-6-2-1-5-15(17)13-24/h1-8,10,12,16H,9,11,14H2,(H,25,26,29)/t16-/m0/s1. The molecular formula is C22H18FN5O2. The number of para-hydroxylation sites is 1. The summed E-state index contributed by atoms with van der Waals surface area (Å²) < 4.78 is 15.3. The van der Waals surface area contributed by atoms with E-state index in [4.69, 9.17) is 0 Å². The van der Waals surface area contributed by atoms with Crippen LogP contribution in [-0.4, -0.2) is 39.6 Å². The van der Waals surface area contributed by atoms with Gasteiger partial charge in [-0.15, -0.1) is 5.10 Å². The molecule has 1 fully saturated rings. The summed E-state index contributed by atoms with van der Waals surface area (Å²) in [6.07, 6.45) is 2.08. The molecule has 7 nitrogen and oxygen atoms in total. The third-order valence-corrected chi connectivity index (χ3v) is 5.06. The molecular weight excluding hydrogens is 385 g/mol. The number of likely N-dealkylation sites (tertiary alicyclic amines) is 1. The van der Waals surface area contributed by atoms with Gasteiger partial charge in [-0.2, -0.15) is 5.26 Å². The van der Waals surface area contributed by atoms with Gasteiger partial charge in [0.2, 0.25) is 5.91 Å². The van der Waals surface area contributed by atoms with Gasteiger partial charge in [-0.1, -0.05) is 24.3 Å². The van der Waals surface area contributed by atoms with Crippen LogP contribution in [-0.2, 0) is 4.79 Å². The molecule has 1 saturated heterocycles. The Morgan fingerprint density at radius 2 is 1.90 bits per heavy atom. The molecule has 8 heteroatoms. The molecule has 4 rings (SSSR count). The van der Waals surface area contributed by atoms with Gasteiger partial charge in [-0.3, -0.25) is 9.59 Å². The van der Waals surface area contributed by atoms with Gasteiger partial charge < -0.3 is 10.2 Å². The van der Waals surface area contributed by atoms with Gasteiger partial charge in [0.05, 0.1) is 23.1 Å². The van der Waals surface area contributed by atoms with Crippen molar-refractivity contribution in [3.8, 4) is 11.8 Å². The molecule has 0 aliphatic carbocycles. The van der Waals surface area contributed by atoms with Gasteiger partial charge >= 0.3 is 0 Å². The van der Waals surface area contributed by atoms with E-state index in [1.807, 2.05) is 6.07 Å². The molecule has 0 spiro atoms. The van der Waals surface area contributed by atoms with Crippen molar-refractivity contribution in [2.24, 2.45) is 5.92 Å². The topological polar surface area (TPSA) is 91.0 Å². The van der Waals surface area contributed by atoms with Crippen LogP contribution in [0.5, 0.6) is 0 Å². The molecule has 1 N–H and O–H groups in total. The lowest BCUT2D eigenvalue weighted by Crippen LogP contribution is -2.32. The number of hydrogen-bond acceptors (Lipinski definition) is 4. The van der Waals surface area contributed by atoms with Crippen molar-refractivity contribution in [3.05, 3.63) is 77.7 Å². The van der Waals surface area contributed by atoms with Gasteiger partial charge in [-0.05, 0) is 30.7 Å². The highest BCUT2D eigenvalue weighted by molar-refractivity contribution is 5.98. The maximum atomic E-state index is 13.9. The Kier molecular flexibility index (Phi) is 5.26. The van der Waals surface area contributed by atoms with E-state index in [-0.39, 0.29) is 30.0 Å². The van der Waals surface area contributed by atoms with Gasteiger partial charge in [0, 0.05) is 25.4 Å². The molecule has 1 aromatic heterocycles. The first-order valence-electron chi connectivity index (χ1n) is 9.46. The summed E-state index contributed by atoms with van der Waals surface area (Å²) in [5, 5.41) is 16.1. The first kappa shape index (κ1) is 19.3. The van der Waals surface area contributed by atoms with Gasteiger partial charge in [0.25, 0.3) is 5.91 Å². The summed E-state index contributed by atoms with van der Waals surface area (Å²) in [6.45, 7) is 0.693. The number of carbonyl (C=O) groups is 2. The highest BCUT2D eigenvalue weighted by atomic mass is 19.1. The lowest BCUT2D eigenvalue weighted by atomic mass is 10.1. The van der Waals surface area contributed by atoms with E-state index in [1.54, 1.807) is 59.6 Å². The largest absolute Gasteiger partial charge is 0.338 e. The van der Waals surface area contributed by atoms with Crippen LogP contribution in [0.4, 0.5) is 10.2 Å². The molecule has 2 aromatic carbocycles. The summed E-state index contributed by atoms with van der Waals surface area (Å²) in [5.41, 5.74) is 0.936. The van der Waals surface area contributed by atoms with Crippen LogP contribution >= 0.6 is 0 Å². The first-order chi connectivity index (χ1) is 14.6. The highest BCUT2D eigenvalue weighted by Crippen LogP contribution is 2.22. The number of rotatable bonds is 4. The second-order valence-corrected chi connectivity index (χ2v) is 6.98. The van der Waals surface area contributed by atoms with Crippen molar-refractivity contribution >= 4 is 17.6 Å². The number of benzene rings is 2. The monoisotopic (exact) mass is 403 g/mol. The van der Waals surface area contributed by atoms with Crippen molar-refractivity contribution in [1.82, 2.24) is 14.7 Å². The van der Waals surface area contributed by atoms with Crippen LogP contribution in [0.15, 0.2) is 60.8 Å². The van der Waals surface area contributed by atoms with Crippen molar-refractivity contribution < 1.29 is 14.0 Å². The quantitative estimate of drug-likeness (QED) is 0.725. The number of amides is 2. The predicted molar refractivity (Wildman–Crippen MR) is 107 cm³/mol. The summed E-state index contributed by atoms with van der Waals surface area (Å²) in [4.78, 5) is 26.9. The predicted octanol–water partition coefficient (Wildman–Crippen LogP) is 2.98. The van der Waals surface area contributed by atoms with Crippen LogP contribution in [0.3, 0.4) is 0 Å². The highest BCUT2D eigenvalue weighted by Gasteiger charge is 2.32. The molecule has 1 aliphatic rings. The average Bonchev–Trinajstić information content (AvgIpc) is 3.43. The number of hydrogen-bond donors (Lipinski definition) is 1. The summed E-state index contributed by atoms with van der Waals surface area (Å²) >= 11 is 0. The minimum atomic E-state index is -0.416. The van der Waals surface area contributed by atoms with Crippen LogP contribution in [0.1, 0.15) is 22.3 Å². The van der Waals surface area contributed by atoms with Gasteiger partial charge in [-0.25, -0.2) is 9.07 Å². The SMILES string of the molecule is N#Cc1ccccc1C(=O)N1CC[C@H](C(=O)Nc2ccn(-c3ccccc3F)n2)C1. The number of aromatic nitrogens is 2. The van der Waals surface area contributed by atoms with E-state index in [0.29, 0.717) is 29.9 Å². The third kappa shape index (κ3) is 3.78. The zero-order valence-corrected chi connectivity index (χ0v) is 16.0. The maximum Gasteiger partial charge on any atom is 0.255 e. The fraction of sp³-hybridized carbons (Fsp3) is 0.182. The van der Waals surface area contributed by atoms with E-state index in [2.05, 4.69) is 10.4 Å². The van der Waals surface area contributed by atoms with Crippen molar-refractivity contribution in [2.45, 2.75) is 6.42 Å². The van der Waals surface area contributed by atoms with E-state index >= 15 is 0 Å². The van der Waals surface area contributed by atoms with Crippen LogP contribution in [0, 0.1) is 23.1 Å². The Morgan fingerprint density at radius 3 is 2.70 bits per heavy atom. The van der Waals surface area contributed by atoms with Crippen molar-refractivity contribution in [1.29, 1.82) is 5.26 Å². The second kappa shape index (κ2) is 8.17. The molecule has 1 atom stereocenters. The van der Waals surface area contributed by atoms with E-state index in [1.165, 1.54) is 10.7 Å². The number of nitrogens with one attached hydrogen (secondary N) is 1. The Hall–Kier alpha value is -3.99. The average molecular weight is 403 g/mol. The van der Waals surface area contributed by atoms with E-state index in [0.717, 1.165) is 0 Å². The molecule has 0 unspecified atom stereocenters. The molecule has 0 radical (unpaired) electrons. The Labute approximate surface area is 172 Å². The number of nitrogens with zero attached hydrogens (tertiary/aromatic N) is 4. The number of halogens is 1. The molecule has 0 bridgehead atoms. The molecule has 150 valence electrons. The third-order valence-electron chi connectivity index (χ3n) is 5.06. The van der Waals surface area contributed by atoms with E-state index in [9.17, 15) is 19.2 Å². The Morgan fingerprint density at radius 1 is 1.13 bits per heavy atom. The number of anilines is 1. The maximum absolute atomic E-state index is 13.9. The fourth-order valence-electron chi connectivity index (χ4n) is 3.49. The van der Waals surface area contributed by atoms with Crippen molar-refractivity contribution in [3.63, 3.8) is 0 Å². The summed E-state index contributed by atoms with van der Waals surface area (Å²) in [5.74, 6) is -1.00. The van der Waals surface area contributed by atoms with E-state index < -0.39 is 5.82 Å². The van der Waals surface area contributed by atoms with Gasteiger partial charge in [0.15, 0.2) is 5.82 Å². The molecule has 3 aromatic rings. The minimum Gasteiger partial charge on any atom is -0.338 e. The normalized spacial score (nSPS) is 15.6. The molecule has 30 heavy (non-hydrogen) atoms. The lowest BCUT2D eigenvalue weighted by molar-refractivity contribution is -0.119. The smallest absolute Gasteiger partial charge is 0.255 e. The number of nitriles is 1.